The third kappa shape index (κ3) is 4.87. The molecule has 0 unspecified atom stereocenters. The maximum absolute atomic E-state index is 6.04. The lowest BCUT2D eigenvalue weighted by Crippen LogP contribution is -2.40. The lowest BCUT2D eigenvalue weighted by molar-refractivity contribution is -0.0733. The fourth-order valence-corrected chi connectivity index (χ4v) is 2.25. The minimum atomic E-state index is 0.189. The standard InChI is InChI=1S/C15H31NO2/c1-11(2)10-17-13-8-16(15(5,6)7)9-14(13)18-12(3)4/h11-14H,8-10H2,1-7H3/t13-,14-/m1/s1. The molecule has 1 rings (SSSR count). The van der Waals surface area contributed by atoms with Gasteiger partial charge < -0.3 is 9.47 Å². The second kappa shape index (κ2) is 6.36. The molecule has 1 aliphatic heterocycles. The molecule has 0 radical (unpaired) electrons. The van der Waals surface area contributed by atoms with E-state index in [1.807, 2.05) is 0 Å². The molecule has 0 aromatic carbocycles. The Bertz CT molecular complexity index is 245. The number of likely N-dealkylation sites (tertiary alicyclic amines) is 1. The minimum Gasteiger partial charge on any atom is -0.374 e. The highest BCUT2D eigenvalue weighted by Crippen LogP contribution is 2.25. The van der Waals surface area contributed by atoms with Crippen LogP contribution in [0.4, 0.5) is 0 Å². The Kier molecular flexibility index (Phi) is 5.63. The van der Waals surface area contributed by atoms with Crippen molar-refractivity contribution in [1.82, 2.24) is 4.90 Å². The fraction of sp³-hybridized carbons (Fsp3) is 1.00. The van der Waals surface area contributed by atoms with E-state index in [1.165, 1.54) is 0 Å². The zero-order valence-electron chi connectivity index (χ0n) is 13.2. The van der Waals surface area contributed by atoms with Crippen molar-refractivity contribution in [3.05, 3.63) is 0 Å². The average Bonchev–Trinajstić information content (AvgIpc) is 2.56. The maximum atomic E-state index is 6.04. The van der Waals surface area contributed by atoms with Crippen LogP contribution in [0, 0.1) is 5.92 Å². The number of nitrogens with zero attached hydrogens (tertiary/aromatic N) is 1. The van der Waals surface area contributed by atoms with E-state index in [1.54, 1.807) is 0 Å². The topological polar surface area (TPSA) is 21.7 Å². The summed E-state index contributed by atoms with van der Waals surface area (Å²) >= 11 is 0. The smallest absolute Gasteiger partial charge is 0.0979 e. The summed E-state index contributed by atoms with van der Waals surface area (Å²) in [7, 11) is 0. The van der Waals surface area contributed by atoms with Crippen molar-refractivity contribution in [3.63, 3.8) is 0 Å². The van der Waals surface area contributed by atoms with Gasteiger partial charge in [-0.3, -0.25) is 4.90 Å². The molecule has 0 N–H and O–H groups in total. The summed E-state index contributed by atoms with van der Waals surface area (Å²) in [6, 6.07) is 0. The summed E-state index contributed by atoms with van der Waals surface area (Å²) in [4.78, 5) is 2.46. The first-order valence-corrected chi connectivity index (χ1v) is 7.22. The number of rotatable bonds is 5. The molecule has 1 saturated heterocycles. The third-order valence-electron chi connectivity index (χ3n) is 3.25. The van der Waals surface area contributed by atoms with Crippen LogP contribution in [0.25, 0.3) is 0 Å². The fourth-order valence-electron chi connectivity index (χ4n) is 2.25. The highest BCUT2D eigenvalue weighted by atomic mass is 16.5. The van der Waals surface area contributed by atoms with E-state index in [4.69, 9.17) is 9.47 Å². The van der Waals surface area contributed by atoms with Gasteiger partial charge in [-0.05, 0) is 40.5 Å². The molecule has 0 spiro atoms. The molecule has 1 fully saturated rings. The maximum Gasteiger partial charge on any atom is 0.0979 e. The molecule has 0 bridgehead atoms. The van der Waals surface area contributed by atoms with E-state index < -0.39 is 0 Å². The lowest BCUT2D eigenvalue weighted by Gasteiger charge is -2.31. The SMILES string of the molecule is CC(C)CO[C@@H]1CN(C(C)(C)C)C[C@H]1OC(C)C. The van der Waals surface area contributed by atoms with Crippen LogP contribution < -0.4 is 0 Å². The van der Waals surface area contributed by atoms with Crippen LogP contribution in [0.1, 0.15) is 48.5 Å². The molecule has 0 aromatic heterocycles. The molecule has 1 heterocycles. The Morgan fingerprint density at radius 2 is 1.61 bits per heavy atom. The Morgan fingerprint density at radius 3 is 2.06 bits per heavy atom. The Labute approximate surface area is 113 Å². The third-order valence-corrected chi connectivity index (χ3v) is 3.25. The monoisotopic (exact) mass is 257 g/mol. The molecule has 2 atom stereocenters. The van der Waals surface area contributed by atoms with Crippen molar-refractivity contribution in [2.45, 2.75) is 72.3 Å². The minimum absolute atomic E-state index is 0.189. The zero-order valence-corrected chi connectivity index (χ0v) is 13.2. The van der Waals surface area contributed by atoms with Gasteiger partial charge in [0.05, 0.1) is 18.3 Å². The predicted octanol–water partition coefficient (Wildman–Crippen LogP) is 2.94. The van der Waals surface area contributed by atoms with E-state index >= 15 is 0 Å². The summed E-state index contributed by atoms with van der Waals surface area (Å²) in [6.07, 6.45) is 0.692. The van der Waals surface area contributed by atoms with Gasteiger partial charge in [0.1, 0.15) is 0 Å². The molecule has 108 valence electrons. The Morgan fingerprint density at radius 1 is 1.06 bits per heavy atom. The highest BCUT2D eigenvalue weighted by Gasteiger charge is 2.39. The van der Waals surface area contributed by atoms with Gasteiger partial charge in [-0.2, -0.15) is 0 Å². The summed E-state index contributed by atoms with van der Waals surface area (Å²) < 4.78 is 12.1. The van der Waals surface area contributed by atoms with Gasteiger partial charge in [0, 0.05) is 25.2 Å². The van der Waals surface area contributed by atoms with E-state index in [0.717, 1.165) is 19.7 Å². The summed E-state index contributed by atoms with van der Waals surface area (Å²) in [5, 5.41) is 0. The van der Waals surface area contributed by atoms with Gasteiger partial charge in [-0.1, -0.05) is 13.8 Å². The molecule has 0 saturated carbocycles. The van der Waals surface area contributed by atoms with Crippen LogP contribution in [0.2, 0.25) is 0 Å². The first kappa shape index (κ1) is 15.9. The number of hydrogen-bond acceptors (Lipinski definition) is 3. The van der Waals surface area contributed by atoms with Crippen LogP contribution in [0.5, 0.6) is 0 Å². The van der Waals surface area contributed by atoms with Crippen LogP contribution in [0.15, 0.2) is 0 Å². The highest BCUT2D eigenvalue weighted by molar-refractivity contribution is 4.92. The average molecular weight is 257 g/mol. The molecule has 3 heteroatoms. The van der Waals surface area contributed by atoms with Gasteiger partial charge in [0.15, 0.2) is 0 Å². The molecule has 0 amide bonds. The quantitative estimate of drug-likeness (QED) is 0.756. The largest absolute Gasteiger partial charge is 0.374 e. The Hall–Kier alpha value is -0.120. The predicted molar refractivity (Wildman–Crippen MR) is 75.9 cm³/mol. The van der Waals surface area contributed by atoms with E-state index in [2.05, 4.69) is 53.4 Å². The van der Waals surface area contributed by atoms with Crippen LogP contribution in [-0.2, 0) is 9.47 Å². The van der Waals surface area contributed by atoms with Gasteiger partial charge in [0.2, 0.25) is 0 Å². The zero-order chi connectivity index (χ0) is 13.9. The Balaban J connectivity index is 2.60. The lowest BCUT2D eigenvalue weighted by atomic mass is 10.1. The second-order valence-corrected chi connectivity index (χ2v) is 7.06. The number of ether oxygens (including phenoxy) is 2. The molecular formula is C15H31NO2. The summed E-state index contributed by atoms with van der Waals surface area (Å²) in [5.74, 6) is 0.577. The first-order chi connectivity index (χ1) is 8.20. The van der Waals surface area contributed by atoms with Gasteiger partial charge in [-0.25, -0.2) is 0 Å². The summed E-state index contributed by atoms with van der Waals surface area (Å²) in [6.45, 7) is 18.1. The molecule has 18 heavy (non-hydrogen) atoms. The normalized spacial score (nSPS) is 26.5. The van der Waals surface area contributed by atoms with Crippen LogP contribution in [0.3, 0.4) is 0 Å². The van der Waals surface area contributed by atoms with Crippen molar-refractivity contribution >= 4 is 0 Å². The van der Waals surface area contributed by atoms with E-state index in [9.17, 15) is 0 Å². The van der Waals surface area contributed by atoms with Crippen molar-refractivity contribution in [2.24, 2.45) is 5.92 Å². The van der Waals surface area contributed by atoms with E-state index in [-0.39, 0.29) is 23.9 Å². The number of hydrogen-bond donors (Lipinski definition) is 0. The van der Waals surface area contributed by atoms with Gasteiger partial charge in [-0.15, -0.1) is 0 Å². The molecule has 0 aromatic rings. The van der Waals surface area contributed by atoms with Crippen molar-refractivity contribution < 1.29 is 9.47 Å². The molecule has 0 aliphatic carbocycles. The van der Waals surface area contributed by atoms with Crippen LogP contribution in [-0.4, -0.2) is 48.4 Å². The van der Waals surface area contributed by atoms with Crippen molar-refractivity contribution in [1.29, 1.82) is 0 Å². The van der Waals surface area contributed by atoms with Crippen molar-refractivity contribution in [3.8, 4) is 0 Å². The molecule has 1 aliphatic rings. The van der Waals surface area contributed by atoms with Crippen LogP contribution >= 0.6 is 0 Å². The van der Waals surface area contributed by atoms with Gasteiger partial charge in [0.25, 0.3) is 0 Å². The first-order valence-electron chi connectivity index (χ1n) is 7.22. The molecule has 3 nitrogen and oxygen atoms in total. The summed E-state index contributed by atoms with van der Waals surface area (Å²) in [5.41, 5.74) is 0.189. The molecular weight excluding hydrogens is 226 g/mol. The van der Waals surface area contributed by atoms with Crippen molar-refractivity contribution in [2.75, 3.05) is 19.7 Å². The van der Waals surface area contributed by atoms with Gasteiger partial charge >= 0.3 is 0 Å². The van der Waals surface area contributed by atoms with E-state index in [0.29, 0.717) is 5.92 Å². The second-order valence-electron chi connectivity index (χ2n) is 7.06.